The second kappa shape index (κ2) is 13.1. The van der Waals surface area contributed by atoms with Crippen molar-refractivity contribution in [3.05, 3.63) is 95.4 Å². The van der Waals surface area contributed by atoms with Crippen LogP contribution >= 0.6 is 0 Å². The van der Waals surface area contributed by atoms with E-state index in [2.05, 4.69) is 35.9 Å². The molecule has 0 spiro atoms. The van der Waals surface area contributed by atoms with Crippen LogP contribution in [-0.4, -0.2) is 76.2 Å². The molecule has 0 unspecified atom stereocenters. The van der Waals surface area contributed by atoms with Crippen LogP contribution in [0.5, 0.6) is 5.75 Å². The fourth-order valence-electron chi connectivity index (χ4n) is 6.63. The first kappa shape index (κ1) is 30.3. The number of amides is 1. The van der Waals surface area contributed by atoms with Gasteiger partial charge in [-0.05, 0) is 61.9 Å². The van der Waals surface area contributed by atoms with E-state index in [0.29, 0.717) is 32.5 Å². The maximum absolute atomic E-state index is 13.7. The van der Waals surface area contributed by atoms with Gasteiger partial charge in [-0.25, -0.2) is 4.79 Å². The molecule has 3 aromatic carbocycles. The van der Waals surface area contributed by atoms with Crippen LogP contribution in [0.25, 0.3) is 32.8 Å². The second-order valence-corrected chi connectivity index (χ2v) is 11.8. The number of aryl methyl sites for hydroxylation is 3. The van der Waals surface area contributed by atoms with Gasteiger partial charge in [0.25, 0.3) is 0 Å². The van der Waals surface area contributed by atoms with Crippen LogP contribution in [-0.2, 0) is 24.2 Å². The number of fused-ring (bicyclic) bond motifs is 2. The fourth-order valence-corrected chi connectivity index (χ4v) is 6.63. The van der Waals surface area contributed by atoms with E-state index >= 15 is 0 Å². The highest BCUT2D eigenvalue weighted by atomic mass is 16.5. The van der Waals surface area contributed by atoms with Gasteiger partial charge in [-0.15, -0.1) is 0 Å². The number of para-hydroxylation sites is 1. The van der Waals surface area contributed by atoms with E-state index in [1.165, 1.54) is 0 Å². The molecule has 2 aromatic heterocycles. The number of carboxylic acid groups (broad SMARTS) is 1. The van der Waals surface area contributed by atoms with Gasteiger partial charge in [0.1, 0.15) is 18.0 Å². The molecule has 8 heteroatoms. The molecule has 0 saturated carbocycles. The van der Waals surface area contributed by atoms with Crippen LogP contribution in [0.15, 0.2) is 72.9 Å². The zero-order chi connectivity index (χ0) is 31.5. The summed E-state index contributed by atoms with van der Waals surface area (Å²) in [6.07, 6.45) is 3.66. The molecule has 232 valence electrons. The number of pyridine rings is 1. The summed E-state index contributed by atoms with van der Waals surface area (Å²) in [4.78, 5) is 35.5. The average Bonchev–Trinajstić information content (AvgIpc) is 3.36. The molecule has 1 saturated heterocycles. The van der Waals surface area contributed by atoms with Crippen molar-refractivity contribution in [2.45, 2.75) is 39.7 Å². The van der Waals surface area contributed by atoms with Gasteiger partial charge in [0.15, 0.2) is 0 Å². The molecular formula is C37H40N4O4. The summed E-state index contributed by atoms with van der Waals surface area (Å²) in [5.41, 5.74) is 5.59. The van der Waals surface area contributed by atoms with E-state index in [-0.39, 0.29) is 18.1 Å². The van der Waals surface area contributed by atoms with E-state index in [4.69, 9.17) is 4.74 Å². The standard InChI is InChI=1S/C37H40N4O4/c1-4-31-34(25(2)17-18-38-31)30-14-8-13-28-29(15-9-23-45-32-16-7-11-26-10-5-6-12-27(26)32)36(37(43)44)41(35(28)30)24-33(42)40-21-19-39(3)20-22-40/h5-8,10-14,16-18H,4,9,15,19-24H2,1-3H3,(H,43,44). The Bertz CT molecular complexity index is 1860. The van der Waals surface area contributed by atoms with E-state index < -0.39 is 5.97 Å². The van der Waals surface area contributed by atoms with Crippen molar-refractivity contribution in [1.82, 2.24) is 19.4 Å². The summed E-state index contributed by atoms with van der Waals surface area (Å²) < 4.78 is 7.98. The third kappa shape index (κ3) is 6.02. The number of hydrogen-bond donors (Lipinski definition) is 1. The number of carbonyl (C=O) groups excluding carboxylic acids is 1. The Morgan fingerprint density at radius 1 is 0.933 bits per heavy atom. The van der Waals surface area contributed by atoms with Gasteiger partial charge in [-0.3, -0.25) is 9.78 Å². The summed E-state index contributed by atoms with van der Waals surface area (Å²) in [6.45, 7) is 7.38. The van der Waals surface area contributed by atoms with Crippen LogP contribution in [0.1, 0.15) is 40.7 Å². The Kier molecular flexibility index (Phi) is 8.85. The van der Waals surface area contributed by atoms with Crippen molar-refractivity contribution < 1.29 is 19.4 Å². The van der Waals surface area contributed by atoms with Gasteiger partial charge >= 0.3 is 5.97 Å². The SMILES string of the molecule is CCc1nccc(C)c1-c1cccc2c(CCCOc3cccc4ccccc34)c(C(=O)O)n(CC(=O)N3CCN(C)CC3)c12. The molecule has 5 aromatic rings. The number of ether oxygens (including phenoxy) is 1. The summed E-state index contributed by atoms with van der Waals surface area (Å²) in [6, 6.07) is 22.1. The Hall–Kier alpha value is -4.69. The molecule has 1 amide bonds. The maximum Gasteiger partial charge on any atom is 0.352 e. The van der Waals surface area contributed by atoms with Crippen LogP contribution in [0, 0.1) is 6.92 Å². The molecule has 1 aliphatic rings. The molecular weight excluding hydrogens is 564 g/mol. The number of nitrogens with zero attached hydrogens (tertiary/aromatic N) is 4. The Balaban J connectivity index is 1.40. The van der Waals surface area contributed by atoms with Gasteiger partial charge in [0.2, 0.25) is 5.91 Å². The lowest BCUT2D eigenvalue weighted by atomic mass is 9.95. The first-order valence-electron chi connectivity index (χ1n) is 15.8. The minimum absolute atomic E-state index is 0.0356. The highest BCUT2D eigenvalue weighted by Gasteiger charge is 2.28. The number of carbonyl (C=O) groups is 2. The lowest BCUT2D eigenvalue weighted by molar-refractivity contribution is -0.133. The smallest absolute Gasteiger partial charge is 0.352 e. The number of hydrogen-bond acceptors (Lipinski definition) is 5. The molecule has 1 aliphatic heterocycles. The average molecular weight is 605 g/mol. The number of aromatic nitrogens is 2. The zero-order valence-corrected chi connectivity index (χ0v) is 26.3. The van der Waals surface area contributed by atoms with Gasteiger partial charge in [0, 0.05) is 60.0 Å². The quantitative estimate of drug-likeness (QED) is 0.191. The minimum Gasteiger partial charge on any atom is -0.493 e. The highest BCUT2D eigenvalue weighted by Crippen LogP contribution is 2.38. The number of benzene rings is 3. The normalized spacial score (nSPS) is 13.9. The monoisotopic (exact) mass is 604 g/mol. The molecule has 3 heterocycles. The van der Waals surface area contributed by atoms with Crippen molar-refractivity contribution >= 4 is 33.6 Å². The lowest BCUT2D eigenvalue weighted by Gasteiger charge is -2.32. The molecule has 1 N–H and O–H groups in total. The van der Waals surface area contributed by atoms with Crippen molar-refractivity contribution in [3.63, 3.8) is 0 Å². The topological polar surface area (TPSA) is 87.9 Å². The van der Waals surface area contributed by atoms with Gasteiger partial charge < -0.3 is 24.2 Å². The predicted octanol–water partition coefficient (Wildman–Crippen LogP) is 6.21. The first-order valence-corrected chi connectivity index (χ1v) is 15.8. The number of aromatic carboxylic acids is 1. The maximum atomic E-state index is 13.7. The van der Waals surface area contributed by atoms with Crippen molar-refractivity contribution in [2.75, 3.05) is 39.8 Å². The van der Waals surface area contributed by atoms with Gasteiger partial charge in [0.05, 0.1) is 12.1 Å². The molecule has 6 rings (SSSR count). The van der Waals surface area contributed by atoms with Gasteiger partial charge in [-0.2, -0.15) is 0 Å². The van der Waals surface area contributed by atoms with Crippen LogP contribution < -0.4 is 4.74 Å². The molecule has 1 fully saturated rings. The minimum atomic E-state index is -1.04. The number of carboxylic acids is 1. The highest BCUT2D eigenvalue weighted by molar-refractivity contribution is 6.05. The molecule has 0 radical (unpaired) electrons. The summed E-state index contributed by atoms with van der Waals surface area (Å²) in [5, 5.41) is 13.7. The molecule has 0 atom stereocenters. The number of likely N-dealkylation sites (N-methyl/N-ethyl adjacent to an activating group) is 1. The van der Waals surface area contributed by atoms with Gasteiger partial charge in [-0.1, -0.05) is 61.5 Å². The van der Waals surface area contributed by atoms with Crippen LogP contribution in [0.2, 0.25) is 0 Å². The summed E-state index contributed by atoms with van der Waals surface area (Å²) in [7, 11) is 2.05. The van der Waals surface area contributed by atoms with Crippen molar-refractivity contribution in [3.8, 4) is 16.9 Å². The molecule has 0 aliphatic carbocycles. The second-order valence-electron chi connectivity index (χ2n) is 11.8. The van der Waals surface area contributed by atoms with E-state index in [1.54, 1.807) is 4.57 Å². The summed E-state index contributed by atoms with van der Waals surface area (Å²) in [5.74, 6) is -0.290. The zero-order valence-electron chi connectivity index (χ0n) is 26.3. The fraction of sp³-hybridized carbons (Fsp3) is 0.324. The summed E-state index contributed by atoms with van der Waals surface area (Å²) >= 11 is 0. The van der Waals surface area contributed by atoms with Crippen molar-refractivity contribution in [2.24, 2.45) is 0 Å². The Labute approximate surface area is 263 Å². The Morgan fingerprint density at radius 2 is 1.67 bits per heavy atom. The third-order valence-corrected chi connectivity index (χ3v) is 8.96. The third-order valence-electron chi connectivity index (χ3n) is 8.96. The van der Waals surface area contributed by atoms with E-state index in [1.807, 2.05) is 72.7 Å². The molecule has 8 nitrogen and oxygen atoms in total. The number of piperazine rings is 1. The van der Waals surface area contributed by atoms with Crippen LogP contribution in [0.4, 0.5) is 0 Å². The number of rotatable bonds is 10. The first-order chi connectivity index (χ1) is 21.9. The van der Waals surface area contributed by atoms with Crippen LogP contribution in [0.3, 0.4) is 0 Å². The predicted molar refractivity (Wildman–Crippen MR) is 178 cm³/mol. The lowest BCUT2D eigenvalue weighted by Crippen LogP contribution is -2.48. The molecule has 0 bridgehead atoms. The molecule has 45 heavy (non-hydrogen) atoms. The van der Waals surface area contributed by atoms with E-state index in [9.17, 15) is 14.7 Å². The van der Waals surface area contributed by atoms with Crippen molar-refractivity contribution in [1.29, 1.82) is 0 Å². The van der Waals surface area contributed by atoms with E-state index in [0.717, 1.165) is 74.9 Å². The largest absolute Gasteiger partial charge is 0.493 e. The Morgan fingerprint density at radius 3 is 2.44 bits per heavy atom.